The number of halogens is 1. The second kappa shape index (κ2) is 3.17. The van der Waals surface area contributed by atoms with E-state index < -0.39 is 6.09 Å². The molecule has 1 aromatic rings. The van der Waals surface area contributed by atoms with Crippen LogP contribution in [0.3, 0.4) is 0 Å². The zero-order valence-electron chi connectivity index (χ0n) is 7.46. The van der Waals surface area contributed by atoms with E-state index in [0.717, 1.165) is 18.4 Å². The first kappa shape index (κ1) is 9.34. The average Bonchev–Trinajstić information content (AvgIpc) is 2.84. The predicted octanol–water partition coefficient (Wildman–Crippen LogP) is 2.60. The number of amides is 1. The Balaban J connectivity index is 2.26. The maximum absolute atomic E-state index is 10.6. The predicted molar refractivity (Wildman–Crippen MR) is 53.5 cm³/mol. The van der Waals surface area contributed by atoms with Crippen molar-refractivity contribution >= 4 is 17.7 Å². The fourth-order valence-corrected chi connectivity index (χ4v) is 1.79. The van der Waals surface area contributed by atoms with E-state index in [4.69, 9.17) is 16.7 Å². The molecule has 1 amide bonds. The van der Waals surface area contributed by atoms with E-state index in [0.29, 0.717) is 5.02 Å². The molecule has 1 fully saturated rings. The molecule has 0 saturated heterocycles. The standard InChI is InChI=1S/C10H10ClNO2/c11-8-3-1-2-7(6-8)10(4-5-10)12-9(13)14/h1-3,6,12H,4-5H2,(H,13,14). The van der Waals surface area contributed by atoms with Gasteiger partial charge in [0.1, 0.15) is 0 Å². The molecule has 0 atom stereocenters. The largest absolute Gasteiger partial charge is 0.465 e. The van der Waals surface area contributed by atoms with Crippen molar-refractivity contribution in [3.63, 3.8) is 0 Å². The Hall–Kier alpha value is -1.22. The van der Waals surface area contributed by atoms with Gasteiger partial charge in [0.2, 0.25) is 0 Å². The van der Waals surface area contributed by atoms with Crippen molar-refractivity contribution in [2.24, 2.45) is 0 Å². The van der Waals surface area contributed by atoms with Gasteiger partial charge in [-0.25, -0.2) is 4.79 Å². The lowest BCUT2D eigenvalue weighted by Crippen LogP contribution is -2.33. The summed E-state index contributed by atoms with van der Waals surface area (Å²) >= 11 is 5.84. The van der Waals surface area contributed by atoms with Gasteiger partial charge in [-0.3, -0.25) is 0 Å². The minimum Gasteiger partial charge on any atom is -0.465 e. The molecule has 74 valence electrons. The van der Waals surface area contributed by atoms with Crippen LogP contribution in [0.5, 0.6) is 0 Å². The van der Waals surface area contributed by atoms with Crippen LogP contribution in [-0.4, -0.2) is 11.2 Å². The SMILES string of the molecule is O=C(O)NC1(c2cccc(Cl)c2)CC1. The summed E-state index contributed by atoms with van der Waals surface area (Å²) in [4.78, 5) is 10.6. The molecule has 1 saturated carbocycles. The molecule has 0 spiro atoms. The quantitative estimate of drug-likeness (QED) is 0.790. The number of rotatable bonds is 2. The molecule has 0 aliphatic heterocycles. The average molecular weight is 212 g/mol. The number of carboxylic acid groups (broad SMARTS) is 1. The highest BCUT2D eigenvalue weighted by Crippen LogP contribution is 2.45. The van der Waals surface area contributed by atoms with Gasteiger partial charge in [0, 0.05) is 5.02 Å². The molecule has 2 N–H and O–H groups in total. The van der Waals surface area contributed by atoms with Gasteiger partial charge in [-0.2, -0.15) is 0 Å². The van der Waals surface area contributed by atoms with E-state index in [9.17, 15) is 4.79 Å². The summed E-state index contributed by atoms with van der Waals surface area (Å²) in [5.41, 5.74) is 0.573. The van der Waals surface area contributed by atoms with Gasteiger partial charge >= 0.3 is 6.09 Å². The molecule has 1 aromatic carbocycles. The summed E-state index contributed by atoms with van der Waals surface area (Å²) in [6, 6.07) is 7.32. The van der Waals surface area contributed by atoms with E-state index in [1.165, 1.54) is 0 Å². The minimum atomic E-state index is -0.984. The second-order valence-corrected chi connectivity index (χ2v) is 3.96. The maximum atomic E-state index is 10.6. The van der Waals surface area contributed by atoms with Gasteiger partial charge in [0.05, 0.1) is 5.54 Å². The third-order valence-electron chi connectivity index (χ3n) is 2.47. The summed E-state index contributed by atoms with van der Waals surface area (Å²) in [5.74, 6) is 0. The first-order valence-corrected chi connectivity index (χ1v) is 4.77. The first-order valence-electron chi connectivity index (χ1n) is 4.40. The van der Waals surface area contributed by atoms with Crippen LogP contribution in [0.15, 0.2) is 24.3 Å². The van der Waals surface area contributed by atoms with Crippen LogP contribution in [0, 0.1) is 0 Å². The van der Waals surface area contributed by atoms with E-state index >= 15 is 0 Å². The molecule has 0 bridgehead atoms. The molecule has 0 radical (unpaired) electrons. The molecule has 0 unspecified atom stereocenters. The minimum absolute atomic E-state index is 0.378. The Labute approximate surface area is 86.7 Å². The van der Waals surface area contributed by atoms with Crippen molar-refractivity contribution in [1.29, 1.82) is 0 Å². The Morgan fingerprint density at radius 2 is 2.21 bits per heavy atom. The molecule has 14 heavy (non-hydrogen) atoms. The summed E-state index contributed by atoms with van der Waals surface area (Å²) in [6.45, 7) is 0. The lowest BCUT2D eigenvalue weighted by Gasteiger charge is -2.15. The van der Waals surface area contributed by atoms with Crippen molar-refractivity contribution in [1.82, 2.24) is 5.32 Å². The number of nitrogens with one attached hydrogen (secondary N) is 1. The Bertz CT molecular complexity index is 374. The zero-order chi connectivity index (χ0) is 10.2. The van der Waals surface area contributed by atoms with Crippen LogP contribution in [0.1, 0.15) is 18.4 Å². The monoisotopic (exact) mass is 211 g/mol. The van der Waals surface area contributed by atoms with Gasteiger partial charge in [-0.1, -0.05) is 23.7 Å². The topological polar surface area (TPSA) is 49.3 Å². The number of benzene rings is 1. The van der Waals surface area contributed by atoms with Crippen molar-refractivity contribution < 1.29 is 9.90 Å². The zero-order valence-corrected chi connectivity index (χ0v) is 8.21. The van der Waals surface area contributed by atoms with E-state index in [2.05, 4.69) is 5.32 Å². The van der Waals surface area contributed by atoms with Crippen LogP contribution in [-0.2, 0) is 5.54 Å². The first-order chi connectivity index (χ1) is 6.62. The summed E-state index contributed by atoms with van der Waals surface area (Å²) < 4.78 is 0. The Morgan fingerprint density at radius 1 is 1.50 bits per heavy atom. The molecule has 0 heterocycles. The van der Waals surface area contributed by atoms with Crippen molar-refractivity contribution in [2.45, 2.75) is 18.4 Å². The van der Waals surface area contributed by atoms with E-state index in [-0.39, 0.29) is 5.54 Å². The van der Waals surface area contributed by atoms with Crippen LogP contribution >= 0.6 is 11.6 Å². The molecular formula is C10H10ClNO2. The Kier molecular flexibility index (Phi) is 2.11. The van der Waals surface area contributed by atoms with Gasteiger partial charge in [0.25, 0.3) is 0 Å². The van der Waals surface area contributed by atoms with Gasteiger partial charge in [-0.05, 0) is 30.5 Å². The van der Waals surface area contributed by atoms with Crippen LogP contribution < -0.4 is 5.32 Å². The lowest BCUT2D eigenvalue weighted by molar-refractivity contribution is 0.188. The van der Waals surface area contributed by atoms with E-state index in [1.807, 2.05) is 18.2 Å². The van der Waals surface area contributed by atoms with Crippen molar-refractivity contribution in [2.75, 3.05) is 0 Å². The molecule has 1 aliphatic rings. The van der Waals surface area contributed by atoms with Gasteiger partial charge in [-0.15, -0.1) is 0 Å². The summed E-state index contributed by atoms with van der Waals surface area (Å²) in [7, 11) is 0. The molecule has 3 nitrogen and oxygen atoms in total. The van der Waals surface area contributed by atoms with Crippen molar-refractivity contribution in [3.05, 3.63) is 34.9 Å². The normalized spacial score (nSPS) is 17.5. The molecule has 4 heteroatoms. The van der Waals surface area contributed by atoms with Gasteiger partial charge < -0.3 is 10.4 Å². The summed E-state index contributed by atoms with van der Waals surface area (Å²) in [6.07, 6.45) is 0.710. The van der Waals surface area contributed by atoms with Crippen LogP contribution in [0.4, 0.5) is 4.79 Å². The molecular weight excluding hydrogens is 202 g/mol. The third kappa shape index (κ3) is 1.68. The van der Waals surface area contributed by atoms with Gasteiger partial charge in [0.15, 0.2) is 0 Å². The number of carbonyl (C=O) groups is 1. The molecule has 1 aliphatic carbocycles. The third-order valence-corrected chi connectivity index (χ3v) is 2.71. The highest BCUT2D eigenvalue weighted by Gasteiger charge is 2.45. The molecule has 0 aromatic heterocycles. The molecule has 2 rings (SSSR count). The highest BCUT2D eigenvalue weighted by atomic mass is 35.5. The second-order valence-electron chi connectivity index (χ2n) is 3.52. The van der Waals surface area contributed by atoms with Crippen LogP contribution in [0.2, 0.25) is 5.02 Å². The highest BCUT2D eigenvalue weighted by molar-refractivity contribution is 6.30. The maximum Gasteiger partial charge on any atom is 0.405 e. The number of hydrogen-bond acceptors (Lipinski definition) is 1. The fourth-order valence-electron chi connectivity index (χ4n) is 1.60. The van der Waals surface area contributed by atoms with Crippen LogP contribution in [0.25, 0.3) is 0 Å². The smallest absolute Gasteiger partial charge is 0.405 e. The van der Waals surface area contributed by atoms with E-state index in [1.54, 1.807) is 6.07 Å². The number of hydrogen-bond donors (Lipinski definition) is 2. The Morgan fingerprint density at radius 3 is 2.71 bits per heavy atom. The summed E-state index contributed by atoms with van der Waals surface area (Å²) in [5, 5.41) is 11.8. The fraction of sp³-hybridized carbons (Fsp3) is 0.300. The van der Waals surface area contributed by atoms with Crippen molar-refractivity contribution in [3.8, 4) is 0 Å². The lowest BCUT2D eigenvalue weighted by atomic mass is 10.1.